The van der Waals surface area contributed by atoms with Crippen LogP contribution in [0.2, 0.25) is 0 Å². The molecule has 5 aliphatic rings. The van der Waals surface area contributed by atoms with E-state index in [-0.39, 0.29) is 0 Å². The summed E-state index contributed by atoms with van der Waals surface area (Å²) >= 11 is 0. The van der Waals surface area contributed by atoms with E-state index in [1.807, 2.05) is 11.1 Å². The molecule has 0 heteroatoms. The first-order valence-electron chi connectivity index (χ1n) is 9.32. The molecule has 0 aromatic rings. The average molecular weight is 268 g/mol. The lowest BCUT2D eigenvalue weighted by Gasteiger charge is -2.57. The van der Waals surface area contributed by atoms with E-state index in [4.69, 9.17) is 0 Å². The molecule has 0 saturated heterocycles. The van der Waals surface area contributed by atoms with Crippen LogP contribution in [0.4, 0.5) is 0 Å². The molecule has 0 heterocycles. The third-order valence-corrected chi connectivity index (χ3v) is 7.63. The van der Waals surface area contributed by atoms with Crippen molar-refractivity contribution >= 4 is 0 Å². The Morgan fingerprint density at radius 2 is 1.75 bits per heavy atom. The molecule has 0 aromatic heterocycles. The predicted molar refractivity (Wildman–Crippen MR) is 83.4 cm³/mol. The third-order valence-electron chi connectivity index (χ3n) is 7.63. The van der Waals surface area contributed by atoms with Gasteiger partial charge < -0.3 is 0 Å². The van der Waals surface area contributed by atoms with Crippen molar-refractivity contribution in [1.29, 1.82) is 0 Å². The van der Waals surface area contributed by atoms with Gasteiger partial charge in [0.05, 0.1) is 0 Å². The highest BCUT2D eigenvalue weighted by molar-refractivity contribution is 5.49. The summed E-state index contributed by atoms with van der Waals surface area (Å²) < 4.78 is 0. The van der Waals surface area contributed by atoms with E-state index in [1.165, 1.54) is 70.6 Å². The standard InChI is InChI=1S/C20H28/c1-2-12-20-13-11-15-5-3-4-14-7-8-16(19(20)18(14)15)9-10-17(20)6-1/h11,14,16-17H,1-10,12-13H2. The second-order valence-electron chi connectivity index (χ2n) is 8.30. The van der Waals surface area contributed by atoms with Gasteiger partial charge in [0.15, 0.2) is 0 Å². The molecule has 5 aliphatic carbocycles. The highest BCUT2D eigenvalue weighted by atomic mass is 14.6. The van der Waals surface area contributed by atoms with E-state index in [0.29, 0.717) is 5.41 Å². The molecule has 0 aromatic carbocycles. The van der Waals surface area contributed by atoms with Gasteiger partial charge in [0.25, 0.3) is 0 Å². The predicted octanol–water partition coefficient (Wildman–Crippen LogP) is 5.79. The van der Waals surface area contributed by atoms with Gasteiger partial charge >= 0.3 is 0 Å². The van der Waals surface area contributed by atoms with Gasteiger partial charge in [-0.1, -0.05) is 24.5 Å². The molecule has 3 saturated carbocycles. The molecule has 0 nitrogen and oxygen atoms in total. The smallest absolute Gasteiger partial charge is 0.00164 e. The molecule has 108 valence electrons. The van der Waals surface area contributed by atoms with Crippen LogP contribution >= 0.6 is 0 Å². The summed E-state index contributed by atoms with van der Waals surface area (Å²) in [5, 5.41) is 0. The van der Waals surface area contributed by atoms with Gasteiger partial charge in [0.1, 0.15) is 0 Å². The molecule has 0 amide bonds. The van der Waals surface area contributed by atoms with Crippen LogP contribution in [0.3, 0.4) is 0 Å². The minimum absolute atomic E-state index is 0.663. The van der Waals surface area contributed by atoms with Gasteiger partial charge in [-0.2, -0.15) is 0 Å². The monoisotopic (exact) mass is 268 g/mol. The topological polar surface area (TPSA) is 0 Å². The second kappa shape index (κ2) is 4.24. The average Bonchev–Trinajstić information content (AvgIpc) is 2.52. The second-order valence-corrected chi connectivity index (χ2v) is 8.30. The van der Waals surface area contributed by atoms with Crippen molar-refractivity contribution in [3.8, 4) is 0 Å². The molecule has 5 rings (SSSR count). The Balaban J connectivity index is 1.70. The van der Waals surface area contributed by atoms with Gasteiger partial charge in [-0.05, 0) is 98.5 Å². The molecular formula is C20H28. The Hall–Kier alpha value is -0.520. The molecular weight excluding hydrogens is 240 g/mol. The van der Waals surface area contributed by atoms with Crippen LogP contribution < -0.4 is 0 Å². The lowest BCUT2D eigenvalue weighted by Crippen LogP contribution is -2.46. The largest absolute Gasteiger partial charge is 0.0801 e. The fraction of sp³-hybridized carbons (Fsp3) is 0.800. The highest BCUT2D eigenvalue weighted by Gasteiger charge is 2.52. The Kier molecular flexibility index (Phi) is 2.56. The number of hydrogen-bond donors (Lipinski definition) is 0. The first-order valence-corrected chi connectivity index (χ1v) is 9.32. The van der Waals surface area contributed by atoms with Crippen molar-refractivity contribution in [3.63, 3.8) is 0 Å². The van der Waals surface area contributed by atoms with Crippen LogP contribution in [0.15, 0.2) is 22.8 Å². The fourth-order valence-electron chi connectivity index (χ4n) is 6.88. The van der Waals surface area contributed by atoms with Gasteiger partial charge in [0.2, 0.25) is 0 Å². The van der Waals surface area contributed by atoms with Gasteiger partial charge in [-0.3, -0.25) is 0 Å². The maximum Gasteiger partial charge on any atom is -0.00164 e. The summed E-state index contributed by atoms with van der Waals surface area (Å²) in [6.07, 6.45) is 20.7. The Bertz CT molecular complexity index is 494. The normalized spacial score (nSPS) is 46.4. The molecule has 0 aliphatic heterocycles. The number of allylic oxidation sites excluding steroid dienone is 4. The Labute approximate surface area is 123 Å². The van der Waals surface area contributed by atoms with E-state index >= 15 is 0 Å². The minimum atomic E-state index is 0.663. The van der Waals surface area contributed by atoms with Crippen molar-refractivity contribution in [2.24, 2.45) is 23.2 Å². The van der Waals surface area contributed by atoms with Crippen LogP contribution in [0.25, 0.3) is 0 Å². The van der Waals surface area contributed by atoms with E-state index in [9.17, 15) is 0 Å². The maximum atomic E-state index is 2.72. The van der Waals surface area contributed by atoms with Gasteiger partial charge in [0, 0.05) is 0 Å². The third kappa shape index (κ3) is 1.44. The van der Waals surface area contributed by atoms with E-state index in [0.717, 1.165) is 17.8 Å². The number of hydrogen-bond acceptors (Lipinski definition) is 0. The van der Waals surface area contributed by atoms with Crippen LogP contribution in [0, 0.1) is 23.2 Å². The summed E-state index contributed by atoms with van der Waals surface area (Å²) in [5.74, 6) is 3.02. The molecule has 20 heavy (non-hydrogen) atoms. The van der Waals surface area contributed by atoms with Gasteiger partial charge in [-0.15, -0.1) is 0 Å². The number of rotatable bonds is 0. The van der Waals surface area contributed by atoms with E-state index in [2.05, 4.69) is 11.6 Å². The maximum absolute atomic E-state index is 2.72. The van der Waals surface area contributed by atoms with Crippen LogP contribution in [0.1, 0.15) is 77.0 Å². The van der Waals surface area contributed by atoms with Crippen LogP contribution in [-0.4, -0.2) is 0 Å². The molecule has 0 N–H and O–H groups in total. The lowest BCUT2D eigenvalue weighted by atomic mass is 9.47. The van der Waals surface area contributed by atoms with Crippen molar-refractivity contribution in [3.05, 3.63) is 22.8 Å². The zero-order valence-electron chi connectivity index (χ0n) is 12.8. The van der Waals surface area contributed by atoms with Crippen LogP contribution in [0.5, 0.6) is 0 Å². The van der Waals surface area contributed by atoms with E-state index < -0.39 is 0 Å². The summed E-state index contributed by atoms with van der Waals surface area (Å²) in [7, 11) is 0. The SMILES string of the molecule is C1=C2CCCC3CCC4CCC5CCCCC5(C1)C4=C23. The molecule has 3 fully saturated rings. The zero-order valence-corrected chi connectivity index (χ0v) is 12.8. The highest BCUT2D eigenvalue weighted by Crippen LogP contribution is 2.64. The molecule has 0 radical (unpaired) electrons. The quantitative estimate of drug-likeness (QED) is 0.521. The van der Waals surface area contributed by atoms with Crippen molar-refractivity contribution in [1.82, 2.24) is 0 Å². The van der Waals surface area contributed by atoms with E-state index in [1.54, 1.807) is 6.42 Å². The molecule has 1 spiro atoms. The minimum Gasteiger partial charge on any atom is -0.0801 e. The Morgan fingerprint density at radius 3 is 2.75 bits per heavy atom. The van der Waals surface area contributed by atoms with Crippen molar-refractivity contribution < 1.29 is 0 Å². The fourth-order valence-corrected chi connectivity index (χ4v) is 6.88. The summed E-state index contributed by atoms with van der Waals surface area (Å²) in [6, 6.07) is 0. The molecule has 4 unspecified atom stereocenters. The first-order chi connectivity index (χ1) is 9.88. The van der Waals surface area contributed by atoms with Gasteiger partial charge in [-0.25, -0.2) is 0 Å². The zero-order chi connectivity index (χ0) is 13.2. The molecule has 4 atom stereocenters. The summed E-state index contributed by atoms with van der Waals surface area (Å²) in [6.45, 7) is 0. The van der Waals surface area contributed by atoms with Crippen LogP contribution in [-0.2, 0) is 0 Å². The lowest BCUT2D eigenvalue weighted by molar-refractivity contribution is 0.0656. The van der Waals surface area contributed by atoms with Crippen molar-refractivity contribution in [2.75, 3.05) is 0 Å². The summed E-state index contributed by atoms with van der Waals surface area (Å²) in [4.78, 5) is 0. The van der Waals surface area contributed by atoms with Crippen molar-refractivity contribution in [2.45, 2.75) is 77.0 Å². The summed E-state index contributed by atoms with van der Waals surface area (Å²) in [5.41, 5.74) is 6.49. The Morgan fingerprint density at radius 1 is 0.850 bits per heavy atom. The first kappa shape index (κ1) is 12.1. The molecule has 0 bridgehead atoms.